The average Bonchev–Trinajstić information content (AvgIpc) is 2.15. The normalized spacial score (nSPS) is 10.6. The Hall–Kier alpha value is -1.09. The van der Waals surface area contributed by atoms with Gasteiger partial charge in [-0.1, -0.05) is 23.8 Å². The zero-order chi connectivity index (χ0) is 9.52. The van der Waals surface area contributed by atoms with Crippen molar-refractivity contribution in [3.63, 3.8) is 0 Å². The van der Waals surface area contributed by atoms with Crippen LogP contribution in [0.3, 0.4) is 0 Å². The van der Waals surface area contributed by atoms with Gasteiger partial charge in [0.1, 0.15) is 0 Å². The van der Waals surface area contributed by atoms with E-state index in [9.17, 15) is 0 Å². The molecule has 0 aliphatic carbocycles. The number of anilines is 1. The molecule has 70 valence electrons. The Balaban J connectivity index is 2.41. The Labute approximate surface area is 82.9 Å². The third-order valence-corrected chi connectivity index (χ3v) is 1.77. The van der Waals surface area contributed by atoms with Crippen LogP contribution in [0.25, 0.3) is 0 Å². The molecule has 0 aliphatic heterocycles. The number of halogens is 1. The number of allylic oxidation sites excluding steroid dienone is 1. The molecule has 0 aromatic carbocycles. The first-order valence-corrected chi connectivity index (χ1v) is 4.54. The highest BCUT2D eigenvalue weighted by Gasteiger charge is 1.98. The van der Waals surface area contributed by atoms with Gasteiger partial charge < -0.3 is 5.32 Å². The fourth-order valence-electron chi connectivity index (χ4n) is 0.880. The van der Waals surface area contributed by atoms with Crippen LogP contribution in [0, 0.1) is 0 Å². The molecule has 1 N–H and O–H groups in total. The molecule has 0 amide bonds. The molecule has 0 unspecified atom stereocenters. The lowest BCUT2D eigenvalue weighted by molar-refractivity contribution is 1.03. The third-order valence-electron chi connectivity index (χ3n) is 1.49. The van der Waals surface area contributed by atoms with Crippen LogP contribution in [0.15, 0.2) is 24.5 Å². The summed E-state index contributed by atoms with van der Waals surface area (Å²) in [7, 11) is 0. The molecule has 0 saturated heterocycles. The van der Waals surface area contributed by atoms with Crippen LogP contribution in [0.1, 0.15) is 13.3 Å². The molecule has 0 atom stereocenters. The molecule has 4 heteroatoms. The molecule has 0 bridgehead atoms. The van der Waals surface area contributed by atoms with E-state index in [1.54, 1.807) is 12.4 Å². The van der Waals surface area contributed by atoms with Gasteiger partial charge >= 0.3 is 0 Å². The Bertz CT molecular complexity index is 286. The lowest BCUT2D eigenvalue weighted by Gasteiger charge is -2.03. The smallest absolute Gasteiger partial charge is 0.171 e. The first kappa shape index (κ1) is 9.99. The molecule has 1 rings (SSSR count). The topological polar surface area (TPSA) is 37.8 Å². The van der Waals surface area contributed by atoms with Gasteiger partial charge in [-0.3, -0.25) is 0 Å². The monoisotopic (exact) mass is 197 g/mol. The van der Waals surface area contributed by atoms with Gasteiger partial charge in [-0.15, -0.1) is 0 Å². The lowest BCUT2D eigenvalue weighted by Crippen LogP contribution is -2.03. The van der Waals surface area contributed by atoms with Gasteiger partial charge in [-0.2, -0.15) is 0 Å². The van der Waals surface area contributed by atoms with Gasteiger partial charge in [-0.25, -0.2) is 9.97 Å². The second-order valence-corrected chi connectivity index (χ2v) is 2.84. The van der Waals surface area contributed by atoms with Crippen LogP contribution < -0.4 is 5.32 Å². The predicted molar refractivity (Wildman–Crippen MR) is 55.0 cm³/mol. The van der Waals surface area contributed by atoms with E-state index in [4.69, 9.17) is 11.6 Å². The molecule has 0 saturated carbocycles. The van der Waals surface area contributed by atoms with E-state index >= 15 is 0 Å². The molecule has 13 heavy (non-hydrogen) atoms. The molecular formula is C9H12ClN3. The zero-order valence-corrected chi connectivity index (χ0v) is 8.25. The van der Waals surface area contributed by atoms with Crippen molar-refractivity contribution in [1.29, 1.82) is 0 Å². The number of hydrogen-bond acceptors (Lipinski definition) is 3. The first-order chi connectivity index (χ1) is 6.34. The standard InChI is InChI=1S/C9H12ClN3/c1-2-3-4-5-12-9-8(10)11-6-7-13-9/h2-3,6-7H,4-5H2,1H3,(H,12,13)/b3-2+. The first-order valence-electron chi connectivity index (χ1n) is 4.16. The van der Waals surface area contributed by atoms with Crippen molar-refractivity contribution >= 4 is 17.4 Å². The van der Waals surface area contributed by atoms with Gasteiger partial charge in [0.25, 0.3) is 0 Å². The maximum Gasteiger partial charge on any atom is 0.171 e. The van der Waals surface area contributed by atoms with E-state index in [1.165, 1.54) is 0 Å². The van der Waals surface area contributed by atoms with E-state index in [0.717, 1.165) is 13.0 Å². The Morgan fingerprint density at radius 1 is 1.46 bits per heavy atom. The highest BCUT2D eigenvalue weighted by Crippen LogP contribution is 2.13. The lowest BCUT2D eigenvalue weighted by atomic mass is 10.4. The fraction of sp³-hybridized carbons (Fsp3) is 0.333. The molecule has 1 heterocycles. The molecule has 0 aliphatic rings. The minimum absolute atomic E-state index is 0.419. The highest BCUT2D eigenvalue weighted by molar-refractivity contribution is 6.31. The van der Waals surface area contributed by atoms with E-state index in [0.29, 0.717) is 11.0 Å². The van der Waals surface area contributed by atoms with E-state index in [2.05, 4.69) is 21.4 Å². The summed E-state index contributed by atoms with van der Waals surface area (Å²) in [5.74, 6) is 0.647. The van der Waals surface area contributed by atoms with E-state index < -0.39 is 0 Å². The molecule has 0 fully saturated rings. The third kappa shape index (κ3) is 3.42. The van der Waals surface area contributed by atoms with Crippen molar-refractivity contribution < 1.29 is 0 Å². The van der Waals surface area contributed by atoms with Gasteiger partial charge in [0.15, 0.2) is 11.0 Å². The van der Waals surface area contributed by atoms with Crippen molar-refractivity contribution in [3.05, 3.63) is 29.7 Å². The highest BCUT2D eigenvalue weighted by atomic mass is 35.5. The van der Waals surface area contributed by atoms with Crippen LogP contribution in [0.5, 0.6) is 0 Å². The summed E-state index contributed by atoms with van der Waals surface area (Å²) in [6, 6.07) is 0. The van der Waals surface area contributed by atoms with Crippen LogP contribution in [-0.4, -0.2) is 16.5 Å². The number of aromatic nitrogens is 2. The number of nitrogens with zero attached hydrogens (tertiary/aromatic N) is 2. The summed E-state index contributed by atoms with van der Waals surface area (Å²) < 4.78 is 0. The van der Waals surface area contributed by atoms with Gasteiger partial charge in [0.05, 0.1) is 0 Å². The van der Waals surface area contributed by atoms with Crippen LogP contribution in [0.2, 0.25) is 5.15 Å². The summed E-state index contributed by atoms with van der Waals surface area (Å²) in [5.41, 5.74) is 0. The maximum atomic E-state index is 5.78. The summed E-state index contributed by atoms with van der Waals surface area (Å²) in [5, 5.41) is 3.51. The van der Waals surface area contributed by atoms with Crippen LogP contribution >= 0.6 is 11.6 Å². The second-order valence-electron chi connectivity index (χ2n) is 2.48. The van der Waals surface area contributed by atoms with Crippen molar-refractivity contribution in [2.24, 2.45) is 0 Å². The summed E-state index contributed by atoms with van der Waals surface area (Å²) in [6.45, 7) is 2.82. The Morgan fingerprint density at radius 2 is 2.23 bits per heavy atom. The Morgan fingerprint density at radius 3 is 2.92 bits per heavy atom. The quantitative estimate of drug-likeness (QED) is 0.596. The summed E-state index contributed by atoms with van der Waals surface area (Å²) in [6.07, 6.45) is 8.24. The van der Waals surface area contributed by atoms with Crippen molar-refractivity contribution in [1.82, 2.24) is 9.97 Å². The molecular weight excluding hydrogens is 186 g/mol. The molecule has 1 aromatic rings. The van der Waals surface area contributed by atoms with Gasteiger partial charge in [-0.05, 0) is 13.3 Å². The van der Waals surface area contributed by atoms with Crippen LogP contribution in [0.4, 0.5) is 5.82 Å². The van der Waals surface area contributed by atoms with E-state index in [1.807, 2.05) is 13.0 Å². The minimum Gasteiger partial charge on any atom is -0.367 e. The minimum atomic E-state index is 0.419. The molecule has 1 aromatic heterocycles. The molecule has 0 radical (unpaired) electrons. The number of rotatable bonds is 4. The van der Waals surface area contributed by atoms with Crippen LogP contribution in [-0.2, 0) is 0 Å². The van der Waals surface area contributed by atoms with Crippen molar-refractivity contribution in [2.45, 2.75) is 13.3 Å². The molecule has 3 nitrogen and oxygen atoms in total. The number of hydrogen-bond donors (Lipinski definition) is 1. The second kappa shape index (κ2) is 5.54. The average molecular weight is 198 g/mol. The zero-order valence-electron chi connectivity index (χ0n) is 7.50. The SMILES string of the molecule is C/C=C/CCNc1nccnc1Cl. The predicted octanol–water partition coefficient (Wildman–Crippen LogP) is 2.51. The fourth-order valence-corrected chi connectivity index (χ4v) is 1.05. The molecule has 0 spiro atoms. The van der Waals surface area contributed by atoms with Gasteiger partial charge in [0, 0.05) is 18.9 Å². The maximum absolute atomic E-state index is 5.78. The summed E-state index contributed by atoms with van der Waals surface area (Å²) in [4.78, 5) is 7.95. The van der Waals surface area contributed by atoms with Crippen molar-refractivity contribution in [2.75, 3.05) is 11.9 Å². The summed E-state index contributed by atoms with van der Waals surface area (Å²) >= 11 is 5.78. The largest absolute Gasteiger partial charge is 0.367 e. The Kier molecular flexibility index (Phi) is 4.26. The van der Waals surface area contributed by atoms with E-state index in [-0.39, 0.29) is 0 Å². The number of nitrogens with one attached hydrogen (secondary N) is 1. The van der Waals surface area contributed by atoms with Gasteiger partial charge in [0.2, 0.25) is 0 Å². The van der Waals surface area contributed by atoms with Crippen molar-refractivity contribution in [3.8, 4) is 0 Å².